The highest BCUT2D eigenvalue weighted by Crippen LogP contribution is 2.48. The van der Waals surface area contributed by atoms with E-state index in [-0.39, 0.29) is 37.1 Å². The highest BCUT2D eigenvalue weighted by Gasteiger charge is 2.43. The molecule has 1 saturated heterocycles. The Bertz CT molecular complexity index is 800. The first-order chi connectivity index (χ1) is 16.7. The minimum atomic E-state index is -0.555. The van der Waals surface area contributed by atoms with E-state index in [2.05, 4.69) is 76.0 Å². The molecular weight excluding hydrogens is 438 g/mol. The van der Waals surface area contributed by atoms with E-state index >= 15 is 0 Å². The average Bonchev–Trinajstić information content (AvgIpc) is 3.45. The number of hydrogen-bond donors (Lipinski definition) is 2. The van der Waals surface area contributed by atoms with E-state index in [0.29, 0.717) is 30.1 Å². The summed E-state index contributed by atoms with van der Waals surface area (Å²) in [5, 5.41) is 20.2. The Labute approximate surface area is 213 Å². The van der Waals surface area contributed by atoms with E-state index in [9.17, 15) is 10.2 Å². The standard InChI is InChI=1S/C30H49NO4/c1-8-27-20(3)10-13-28(35-27)21(4)17-19(2)9-11-24-22(5)25(24)12-14-29-30(33)26(31(6)7)18-23(34-29)15-16-32/h9-12,14,17,19,22-30,32-33H,8,13,15-16,18H2,1-7H3/b11-9+,14-12+,21-17+/t19-,22-,23-,24+,25+,26+,27-,28-,29+,30-/m1/s1. The molecule has 0 radical (unpaired) electrons. The number of allylic oxidation sites excluding steroid dienone is 4. The molecule has 2 fully saturated rings. The van der Waals surface area contributed by atoms with Crippen LogP contribution in [-0.4, -0.2) is 72.4 Å². The van der Waals surface area contributed by atoms with Gasteiger partial charge in [0.15, 0.2) is 0 Å². The summed E-state index contributed by atoms with van der Waals surface area (Å²) >= 11 is 0. The van der Waals surface area contributed by atoms with Crippen LogP contribution in [0.25, 0.3) is 0 Å². The predicted molar refractivity (Wildman–Crippen MR) is 143 cm³/mol. The Hall–Kier alpha value is -1.24. The summed E-state index contributed by atoms with van der Waals surface area (Å²) in [5.74, 6) is 1.97. The molecule has 3 aliphatic rings. The van der Waals surface area contributed by atoms with Gasteiger partial charge in [-0.05, 0) is 88.4 Å². The number of ether oxygens (including phenoxy) is 2. The lowest BCUT2D eigenvalue weighted by atomic mass is 9.92. The maximum absolute atomic E-state index is 10.8. The van der Waals surface area contributed by atoms with Crippen molar-refractivity contribution in [1.82, 2.24) is 4.90 Å². The zero-order valence-electron chi connectivity index (χ0n) is 22.9. The van der Waals surface area contributed by atoms with Crippen LogP contribution in [0, 0.1) is 23.7 Å². The summed E-state index contributed by atoms with van der Waals surface area (Å²) in [7, 11) is 3.99. The number of nitrogens with zero attached hydrogens (tertiary/aromatic N) is 1. The topological polar surface area (TPSA) is 62.2 Å². The van der Waals surface area contributed by atoms with Gasteiger partial charge in [0, 0.05) is 12.6 Å². The molecule has 198 valence electrons. The molecule has 2 aliphatic heterocycles. The van der Waals surface area contributed by atoms with Gasteiger partial charge in [-0.3, -0.25) is 0 Å². The van der Waals surface area contributed by atoms with Crippen LogP contribution in [0.1, 0.15) is 60.3 Å². The summed E-state index contributed by atoms with van der Waals surface area (Å²) < 4.78 is 12.4. The van der Waals surface area contributed by atoms with Crippen molar-refractivity contribution in [3.8, 4) is 0 Å². The third kappa shape index (κ3) is 7.39. The maximum Gasteiger partial charge on any atom is 0.103 e. The van der Waals surface area contributed by atoms with Crippen molar-refractivity contribution in [3.63, 3.8) is 0 Å². The van der Waals surface area contributed by atoms with Gasteiger partial charge in [-0.15, -0.1) is 0 Å². The Morgan fingerprint density at radius 1 is 1.20 bits per heavy atom. The number of likely N-dealkylation sites (N-methyl/N-ethyl adjacent to an activating group) is 1. The van der Waals surface area contributed by atoms with Crippen LogP contribution < -0.4 is 0 Å². The van der Waals surface area contributed by atoms with Gasteiger partial charge in [0.05, 0.1) is 24.4 Å². The lowest BCUT2D eigenvalue weighted by molar-refractivity contribution is -0.132. The third-order valence-corrected chi connectivity index (χ3v) is 8.27. The molecular formula is C30H49NO4. The first kappa shape index (κ1) is 28.3. The Kier molecular flexibility index (Phi) is 10.4. The lowest BCUT2D eigenvalue weighted by Crippen LogP contribution is -2.53. The van der Waals surface area contributed by atoms with E-state index in [1.54, 1.807) is 0 Å². The lowest BCUT2D eigenvalue weighted by Gasteiger charge is -2.41. The molecule has 3 rings (SSSR count). The predicted octanol–water partition coefficient (Wildman–Crippen LogP) is 4.91. The summed E-state index contributed by atoms with van der Waals surface area (Å²) in [6.07, 6.45) is 16.6. The third-order valence-electron chi connectivity index (χ3n) is 8.27. The zero-order valence-corrected chi connectivity index (χ0v) is 22.9. The summed E-state index contributed by atoms with van der Waals surface area (Å²) in [4.78, 5) is 2.07. The molecule has 5 nitrogen and oxygen atoms in total. The fourth-order valence-corrected chi connectivity index (χ4v) is 5.74. The maximum atomic E-state index is 10.8. The largest absolute Gasteiger partial charge is 0.396 e. The van der Waals surface area contributed by atoms with Crippen LogP contribution in [0.2, 0.25) is 0 Å². The van der Waals surface area contributed by atoms with Gasteiger partial charge >= 0.3 is 0 Å². The molecule has 0 aromatic carbocycles. The van der Waals surface area contributed by atoms with E-state index in [1.165, 1.54) is 11.1 Å². The smallest absolute Gasteiger partial charge is 0.103 e. The van der Waals surface area contributed by atoms with Gasteiger partial charge in [0.25, 0.3) is 0 Å². The molecule has 0 bridgehead atoms. The Balaban J connectivity index is 1.55. The minimum absolute atomic E-state index is 0.0196. The van der Waals surface area contributed by atoms with Crippen LogP contribution >= 0.6 is 0 Å². The van der Waals surface area contributed by atoms with Crippen molar-refractivity contribution in [2.45, 2.75) is 96.9 Å². The van der Waals surface area contributed by atoms with Gasteiger partial charge in [0.1, 0.15) is 6.10 Å². The van der Waals surface area contributed by atoms with Crippen LogP contribution in [0.15, 0.2) is 47.6 Å². The fourth-order valence-electron chi connectivity index (χ4n) is 5.74. The molecule has 2 N–H and O–H groups in total. The highest BCUT2D eigenvalue weighted by molar-refractivity contribution is 5.20. The van der Waals surface area contributed by atoms with Crippen molar-refractivity contribution in [1.29, 1.82) is 0 Å². The van der Waals surface area contributed by atoms with Crippen LogP contribution in [0.3, 0.4) is 0 Å². The van der Waals surface area contributed by atoms with Crippen molar-refractivity contribution in [2.75, 3.05) is 20.7 Å². The van der Waals surface area contributed by atoms with Crippen molar-refractivity contribution < 1.29 is 19.7 Å². The van der Waals surface area contributed by atoms with Gasteiger partial charge in [-0.1, -0.05) is 57.2 Å². The van der Waals surface area contributed by atoms with E-state index in [1.807, 2.05) is 14.1 Å². The van der Waals surface area contributed by atoms with Gasteiger partial charge in [-0.2, -0.15) is 0 Å². The second kappa shape index (κ2) is 12.8. The summed E-state index contributed by atoms with van der Waals surface area (Å²) in [5.41, 5.74) is 2.68. The molecule has 5 heteroatoms. The van der Waals surface area contributed by atoms with Crippen molar-refractivity contribution in [3.05, 3.63) is 47.6 Å². The second-order valence-electron chi connectivity index (χ2n) is 11.3. The average molecular weight is 488 g/mol. The van der Waals surface area contributed by atoms with Crippen LogP contribution in [0.4, 0.5) is 0 Å². The minimum Gasteiger partial charge on any atom is -0.396 e. The Morgan fingerprint density at radius 3 is 2.57 bits per heavy atom. The normalized spacial score (nSPS) is 39.4. The number of aliphatic hydroxyl groups excluding tert-OH is 2. The summed E-state index contributed by atoms with van der Waals surface area (Å²) in [6.45, 7) is 11.2. The second-order valence-corrected chi connectivity index (χ2v) is 11.3. The Morgan fingerprint density at radius 2 is 1.91 bits per heavy atom. The number of hydrogen-bond acceptors (Lipinski definition) is 5. The SMILES string of the molecule is CC[C@H]1O[C@@H](/C(C)=C/[C@H](C)/C=C/[C@H]2[C@@H](C)[C@@H]2/C=C/[C@@H]2O[C@H](CCO)C[C@H](N(C)C)[C@H]2O)CC=C1C. The first-order valence-electron chi connectivity index (χ1n) is 13.6. The molecule has 0 spiro atoms. The van der Waals surface area contributed by atoms with E-state index in [0.717, 1.165) is 19.3 Å². The highest BCUT2D eigenvalue weighted by atomic mass is 16.5. The molecule has 1 aliphatic carbocycles. The zero-order chi connectivity index (χ0) is 25.7. The van der Waals surface area contributed by atoms with Crippen molar-refractivity contribution in [2.24, 2.45) is 23.7 Å². The van der Waals surface area contributed by atoms with Crippen LogP contribution in [0.5, 0.6) is 0 Å². The summed E-state index contributed by atoms with van der Waals surface area (Å²) in [6, 6.07) is 0.0401. The fraction of sp³-hybridized carbons (Fsp3) is 0.733. The van der Waals surface area contributed by atoms with E-state index < -0.39 is 6.10 Å². The molecule has 0 amide bonds. The van der Waals surface area contributed by atoms with Gasteiger partial charge in [0.2, 0.25) is 0 Å². The molecule has 1 saturated carbocycles. The van der Waals surface area contributed by atoms with Crippen molar-refractivity contribution >= 4 is 0 Å². The van der Waals surface area contributed by atoms with Gasteiger partial charge < -0.3 is 24.6 Å². The molecule has 0 unspecified atom stereocenters. The van der Waals surface area contributed by atoms with Gasteiger partial charge in [-0.25, -0.2) is 0 Å². The molecule has 0 aromatic rings. The first-order valence-corrected chi connectivity index (χ1v) is 13.6. The molecule has 2 heterocycles. The van der Waals surface area contributed by atoms with E-state index in [4.69, 9.17) is 9.47 Å². The molecule has 35 heavy (non-hydrogen) atoms. The van der Waals surface area contributed by atoms with Crippen LogP contribution in [-0.2, 0) is 9.47 Å². The monoisotopic (exact) mass is 487 g/mol. The molecule has 0 aromatic heterocycles. The number of rotatable bonds is 10. The molecule has 10 atom stereocenters. The quantitative estimate of drug-likeness (QED) is 0.429. The number of aliphatic hydroxyl groups is 2.